The number of likely N-dealkylation sites (tertiary alicyclic amines) is 1. The van der Waals surface area contributed by atoms with Crippen molar-refractivity contribution in [2.24, 2.45) is 5.92 Å². The monoisotopic (exact) mass is 292 g/mol. The Balaban J connectivity index is 1.75. The number of carbonyl (C=O) groups is 1. The number of para-hydroxylation sites is 2. The maximum atomic E-state index is 12.0. The van der Waals surface area contributed by atoms with Gasteiger partial charge in [0.25, 0.3) is 0 Å². The quantitative estimate of drug-likeness (QED) is 0.838. The van der Waals surface area contributed by atoms with Gasteiger partial charge in [0.1, 0.15) is 5.75 Å². The molecule has 2 N–H and O–H groups in total. The van der Waals surface area contributed by atoms with Gasteiger partial charge in [0.05, 0.1) is 12.8 Å². The predicted octanol–water partition coefficient (Wildman–Crippen LogP) is 1.73. The largest absolute Gasteiger partial charge is 0.495 e. The molecule has 5 heteroatoms. The fraction of sp³-hybridized carbons (Fsp3) is 0.562. The van der Waals surface area contributed by atoms with Crippen LogP contribution in [0.5, 0.6) is 5.75 Å². The molecule has 5 nitrogen and oxygen atoms in total. The zero-order valence-electron chi connectivity index (χ0n) is 12.5. The lowest BCUT2D eigenvalue weighted by molar-refractivity contribution is -0.116. The van der Waals surface area contributed by atoms with E-state index in [1.54, 1.807) is 7.11 Å². The number of ether oxygens (including phenoxy) is 1. The second kappa shape index (κ2) is 8.00. The van der Waals surface area contributed by atoms with Crippen LogP contribution in [0.4, 0.5) is 5.69 Å². The summed E-state index contributed by atoms with van der Waals surface area (Å²) in [4.78, 5) is 14.3. The van der Waals surface area contributed by atoms with Crippen LogP contribution in [0.2, 0.25) is 0 Å². The third kappa shape index (κ3) is 4.72. The highest BCUT2D eigenvalue weighted by Gasteiger charge is 2.18. The van der Waals surface area contributed by atoms with Crippen LogP contribution in [0, 0.1) is 5.92 Å². The molecule has 0 saturated carbocycles. The Labute approximate surface area is 125 Å². The van der Waals surface area contributed by atoms with Crippen LogP contribution < -0.4 is 10.1 Å². The molecule has 21 heavy (non-hydrogen) atoms. The van der Waals surface area contributed by atoms with Crippen molar-refractivity contribution in [3.63, 3.8) is 0 Å². The average Bonchev–Trinajstić information content (AvgIpc) is 2.54. The molecule has 0 atom stereocenters. The summed E-state index contributed by atoms with van der Waals surface area (Å²) in [5.74, 6) is 1.11. The molecule has 1 aromatic carbocycles. The molecular weight excluding hydrogens is 268 g/mol. The first-order valence-electron chi connectivity index (χ1n) is 7.49. The summed E-state index contributed by atoms with van der Waals surface area (Å²) in [6, 6.07) is 7.41. The minimum Gasteiger partial charge on any atom is -0.495 e. The first-order valence-corrected chi connectivity index (χ1v) is 7.49. The molecule has 0 unspecified atom stereocenters. The number of aliphatic hydroxyl groups is 1. The van der Waals surface area contributed by atoms with Gasteiger partial charge in [-0.3, -0.25) is 4.79 Å². The summed E-state index contributed by atoms with van der Waals surface area (Å²) in [5.41, 5.74) is 0.712. The van der Waals surface area contributed by atoms with Gasteiger partial charge >= 0.3 is 0 Å². The van der Waals surface area contributed by atoms with Gasteiger partial charge in [-0.05, 0) is 44.0 Å². The topological polar surface area (TPSA) is 61.8 Å². The summed E-state index contributed by atoms with van der Waals surface area (Å²) in [7, 11) is 1.59. The Kier molecular flexibility index (Phi) is 6.02. The smallest absolute Gasteiger partial charge is 0.225 e. The first-order chi connectivity index (χ1) is 10.2. The molecule has 116 valence electrons. The van der Waals surface area contributed by atoms with Crippen molar-refractivity contribution in [1.29, 1.82) is 0 Å². The normalized spacial score (nSPS) is 16.7. The molecule has 0 spiro atoms. The molecular formula is C16H24N2O3. The van der Waals surface area contributed by atoms with Crippen LogP contribution >= 0.6 is 0 Å². The molecule has 0 aliphatic carbocycles. The molecule has 0 radical (unpaired) electrons. The molecule has 1 saturated heterocycles. The van der Waals surface area contributed by atoms with Crippen molar-refractivity contribution >= 4 is 11.6 Å². The van der Waals surface area contributed by atoms with Crippen LogP contribution in [0.15, 0.2) is 24.3 Å². The van der Waals surface area contributed by atoms with Gasteiger partial charge in [-0.2, -0.15) is 0 Å². The molecule has 0 aromatic heterocycles. The van der Waals surface area contributed by atoms with Crippen molar-refractivity contribution < 1.29 is 14.6 Å². The molecule has 1 aliphatic rings. The van der Waals surface area contributed by atoms with Crippen molar-refractivity contribution in [3.8, 4) is 5.75 Å². The van der Waals surface area contributed by atoms with E-state index >= 15 is 0 Å². The minimum absolute atomic E-state index is 0.00350. The maximum absolute atomic E-state index is 12.0. The highest BCUT2D eigenvalue weighted by atomic mass is 16.5. The van der Waals surface area contributed by atoms with Crippen LogP contribution in [-0.2, 0) is 4.79 Å². The van der Waals surface area contributed by atoms with E-state index in [2.05, 4.69) is 10.2 Å². The summed E-state index contributed by atoms with van der Waals surface area (Å²) in [6.45, 7) is 2.97. The van der Waals surface area contributed by atoms with E-state index in [9.17, 15) is 4.79 Å². The Morgan fingerprint density at radius 3 is 2.76 bits per heavy atom. The van der Waals surface area contributed by atoms with Gasteiger partial charge in [0.2, 0.25) is 5.91 Å². The van der Waals surface area contributed by atoms with E-state index in [0.717, 1.165) is 32.5 Å². The fourth-order valence-electron chi connectivity index (χ4n) is 2.61. The summed E-state index contributed by atoms with van der Waals surface area (Å²) in [5, 5.41) is 12.0. The number of rotatable bonds is 6. The Bertz CT molecular complexity index is 457. The van der Waals surface area contributed by atoms with E-state index < -0.39 is 0 Å². The SMILES string of the molecule is COc1ccccc1NC(=O)CCN1CCC(CO)CC1. The lowest BCUT2D eigenvalue weighted by atomic mass is 9.98. The van der Waals surface area contributed by atoms with Crippen molar-refractivity contribution in [2.45, 2.75) is 19.3 Å². The number of benzene rings is 1. The van der Waals surface area contributed by atoms with Crippen molar-refractivity contribution in [3.05, 3.63) is 24.3 Å². The number of anilines is 1. The minimum atomic E-state index is 0.00350. The molecule has 0 bridgehead atoms. The van der Waals surface area contributed by atoms with Crippen LogP contribution in [0.25, 0.3) is 0 Å². The van der Waals surface area contributed by atoms with E-state index in [4.69, 9.17) is 9.84 Å². The predicted molar refractivity (Wildman–Crippen MR) is 82.5 cm³/mol. The third-order valence-electron chi connectivity index (χ3n) is 4.00. The van der Waals surface area contributed by atoms with Crippen molar-refractivity contribution in [2.75, 3.05) is 38.7 Å². The fourth-order valence-corrected chi connectivity index (χ4v) is 2.61. The lowest BCUT2D eigenvalue weighted by Gasteiger charge is -2.30. The highest BCUT2D eigenvalue weighted by Crippen LogP contribution is 2.23. The van der Waals surface area contributed by atoms with Crippen molar-refractivity contribution in [1.82, 2.24) is 4.90 Å². The van der Waals surface area contributed by atoms with E-state index in [1.165, 1.54) is 0 Å². The Morgan fingerprint density at radius 2 is 2.10 bits per heavy atom. The Hall–Kier alpha value is -1.59. The molecule has 1 aliphatic heterocycles. The molecule has 2 rings (SSSR count). The highest BCUT2D eigenvalue weighted by molar-refractivity contribution is 5.92. The second-order valence-electron chi connectivity index (χ2n) is 5.47. The number of hydrogen-bond acceptors (Lipinski definition) is 4. The van der Waals surface area contributed by atoms with Gasteiger partial charge in [-0.15, -0.1) is 0 Å². The lowest BCUT2D eigenvalue weighted by Crippen LogP contribution is -2.36. The number of methoxy groups -OCH3 is 1. The molecule has 1 aromatic rings. The van der Waals surface area contributed by atoms with Gasteiger partial charge in [-0.1, -0.05) is 12.1 Å². The van der Waals surface area contributed by atoms with E-state index in [1.807, 2.05) is 24.3 Å². The standard InChI is InChI=1S/C16H24N2O3/c1-21-15-5-3-2-4-14(15)17-16(20)8-11-18-9-6-13(12-19)7-10-18/h2-5,13,19H,6-12H2,1H3,(H,17,20). The van der Waals surface area contributed by atoms with Gasteiger partial charge in [0, 0.05) is 19.6 Å². The zero-order valence-corrected chi connectivity index (χ0v) is 12.5. The van der Waals surface area contributed by atoms with E-state index in [0.29, 0.717) is 23.8 Å². The van der Waals surface area contributed by atoms with E-state index in [-0.39, 0.29) is 12.5 Å². The Morgan fingerprint density at radius 1 is 1.38 bits per heavy atom. The molecule has 1 heterocycles. The second-order valence-corrected chi connectivity index (χ2v) is 5.47. The average molecular weight is 292 g/mol. The number of hydrogen-bond donors (Lipinski definition) is 2. The molecule has 1 amide bonds. The number of aliphatic hydroxyl groups excluding tert-OH is 1. The third-order valence-corrected chi connectivity index (χ3v) is 4.00. The van der Waals surface area contributed by atoms with Crippen LogP contribution in [0.1, 0.15) is 19.3 Å². The maximum Gasteiger partial charge on any atom is 0.225 e. The summed E-state index contributed by atoms with van der Waals surface area (Å²) >= 11 is 0. The number of amides is 1. The van der Waals surface area contributed by atoms with Crippen LogP contribution in [0.3, 0.4) is 0 Å². The van der Waals surface area contributed by atoms with Crippen LogP contribution in [-0.4, -0.2) is 49.3 Å². The number of nitrogens with one attached hydrogen (secondary N) is 1. The zero-order chi connectivity index (χ0) is 15.1. The van der Waals surface area contributed by atoms with Gasteiger partial charge in [0.15, 0.2) is 0 Å². The molecule has 1 fully saturated rings. The number of nitrogens with zero attached hydrogens (tertiary/aromatic N) is 1. The summed E-state index contributed by atoms with van der Waals surface area (Å²) < 4.78 is 5.22. The number of piperidine rings is 1. The first kappa shape index (κ1) is 15.8. The van der Waals surface area contributed by atoms with Gasteiger partial charge < -0.3 is 20.1 Å². The van der Waals surface area contributed by atoms with Gasteiger partial charge in [-0.25, -0.2) is 0 Å². The number of carbonyl (C=O) groups excluding carboxylic acids is 1. The summed E-state index contributed by atoms with van der Waals surface area (Å²) in [6.07, 6.45) is 2.51.